The van der Waals surface area contributed by atoms with Crippen LogP contribution < -0.4 is 5.32 Å². The summed E-state index contributed by atoms with van der Waals surface area (Å²) in [5.74, 6) is 2.68. The van der Waals surface area contributed by atoms with Gasteiger partial charge in [0.1, 0.15) is 0 Å². The highest BCUT2D eigenvalue weighted by atomic mass is 15.1. The van der Waals surface area contributed by atoms with Gasteiger partial charge in [-0.3, -0.25) is 0 Å². The molecule has 2 nitrogen and oxygen atoms in total. The third-order valence-electron chi connectivity index (χ3n) is 5.17. The topological polar surface area (TPSA) is 15.3 Å². The molecule has 2 rings (SSSR count). The summed E-state index contributed by atoms with van der Waals surface area (Å²) in [6.45, 7) is 8.35. The van der Waals surface area contributed by atoms with Crippen LogP contribution in [0.3, 0.4) is 0 Å². The monoisotopic (exact) mass is 266 g/mol. The van der Waals surface area contributed by atoms with Crippen molar-refractivity contribution in [1.82, 2.24) is 10.2 Å². The van der Waals surface area contributed by atoms with Crippen molar-refractivity contribution in [2.75, 3.05) is 26.7 Å². The molecule has 0 saturated heterocycles. The Morgan fingerprint density at radius 2 is 1.79 bits per heavy atom. The highest BCUT2D eigenvalue weighted by molar-refractivity contribution is 4.89. The van der Waals surface area contributed by atoms with Crippen molar-refractivity contribution in [3.8, 4) is 0 Å². The van der Waals surface area contributed by atoms with E-state index in [9.17, 15) is 0 Å². The normalized spacial score (nSPS) is 28.9. The Labute approximate surface area is 120 Å². The van der Waals surface area contributed by atoms with Gasteiger partial charge >= 0.3 is 0 Å². The first-order valence-corrected chi connectivity index (χ1v) is 8.57. The van der Waals surface area contributed by atoms with Crippen LogP contribution in [0.5, 0.6) is 0 Å². The summed E-state index contributed by atoms with van der Waals surface area (Å²) in [5.41, 5.74) is 0. The minimum atomic E-state index is 0.776. The molecule has 2 unspecified atom stereocenters. The van der Waals surface area contributed by atoms with Gasteiger partial charge in [-0.25, -0.2) is 0 Å². The Morgan fingerprint density at radius 3 is 2.37 bits per heavy atom. The predicted octanol–water partition coefficient (Wildman–Crippen LogP) is 3.52. The molecule has 0 amide bonds. The summed E-state index contributed by atoms with van der Waals surface area (Å²) < 4.78 is 0. The predicted molar refractivity (Wildman–Crippen MR) is 83.4 cm³/mol. The molecular formula is C17H34N2. The van der Waals surface area contributed by atoms with Crippen molar-refractivity contribution >= 4 is 0 Å². The van der Waals surface area contributed by atoms with E-state index >= 15 is 0 Å². The zero-order valence-electron chi connectivity index (χ0n) is 13.3. The van der Waals surface area contributed by atoms with E-state index in [0.29, 0.717) is 0 Å². The lowest BCUT2D eigenvalue weighted by molar-refractivity contribution is 0.0648. The van der Waals surface area contributed by atoms with Crippen LogP contribution in [0.25, 0.3) is 0 Å². The van der Waals surface area contributed by atoms with Crippen LogP contribution in [-0.4, -0.2) is 37.6 Å². The van der Waals surface area contributed by atoms with Gasteiger partial charge in [-0.2, -0.15) is 0 Å². The Kier molecular flexibility index (Phi) is 6.15. The Balaban J connectivity index is 1.65. The molecule has 0 aromatic rings. The lowest BCUT2D eigenvalue weighted by Crippen LogP contribution is -2.50. The van der Waals surface area contributed by atoms with Crippen molar-refractivity contribution in [2.45, 2.75) is 64.8 Å². The third-order valence-corrected chi connectivity index (χ3v) is 5.17. The SMILES string of the molecule is CC(C)CNCC1CCC1N(C)CC1CCCCC1. The third kappa shape index (κ3) is 4.75. The Bertz CT molecular complexity index is 246. The highest BCUT2D eigenvalue weighted by Crippen LogP contribution is 2.33. The lowest BCUT2D eigenvalue weighted by Gasteiger charge is -2.44. The second-order valence-electron chi connectivity index (χ2n) is 7.40. The molecule has 2 fully saturated rings. The summed E-state index contributed by atoms with van der Waals surface area (Å²) in [5, 5.41) is 3.65. The summed E-state index contributed by atoms with van der Waals surface area (Å²) in [4.78, 5) is 2.68. The maximum absolute atomic E-state index is 3.65. The number of nitrogens with one attached hydrogen (secondary N) is 1. The summed E-state index contributed by atoms with van der Waals surface area (Å²) >= 11 is 0. The highest BCUT2D eigenvalue weighted by Gasteiger charge is 2.34. The van der Waals surface area contributed by atoms with Crippen LogP contribution in [0.15, 0.2) is 0 Å². The van der Waals surface area contributed by atoms with E-state index in [4.69, 9.17) is 0 Å². The van der Waals surface area contributed by atoms with E-state index < -0.39 is 0 Å². The average molecular weight is 266 g/mol. The van der Waals surface area contributed by atoms with Crippen molar-refractivity contribution < 1.29 is 0 Å². The van der Waals surface area contributed by atoms with Crippen LogP contribution in [0.4, 0.5) is 0 Å². The minimum absolute atomic E-state index is 0.776. The van der Waals surface area contributed by atoms with Crippen molar-refractivity contribution in [1.29, 1.82) is 0 Å². The van der Waals surface area contributed by atoms with Gasteiger partial charge in [-0.15, -0.1) is 0 Å². The molecule has 2 saturated carbocycles. The van der Waals surface area contributed by atoms with Gasteiger partial charge in [-0.05, 0) is 63.6 Å². The van der Waals surface area contributed by atoms with Gasteiger partial charge in [-0.1, -0.05) is 33.1 Å². The molecule has 0 spiro atoms. The van der Waals surface area contributed by atoms with E-state index in [2.05, 4.69) is 31.1 Å². The van der Waals surface area contributed by atoms with Crippen molar-refractivity contribution in [3.63, 3.8) is 0 Å². The maximum Gasteiger partial charge on any atom is 0.0133 e. The second kappa shape index (κ2) is 7.64. The van der Waals surface area contributed by atoms with Gasteiger partial charge in [0.2, 0.25) is 0 Å². The van der Waals surface area contributed by atoms with E-state index in [0.717, 1.165) is 23.8 Å². The molecule has 2 aliphatic carbocycles. The largest absolute Gasteiger partial charge is 0.316 e. The molecular weight excluding hydrogens is 232 g/mol. The average Bonchev–Trinajstić information content (AvgIpc) is 2.34. The molecule has 0 bridgehead atoms. The Morgan fingerprint density at radius 1 is 1.05 bits per heavy atom. The van der Waals surface area contributed by atoms with Crippen molar-refractivity contribution in [3.05, 3.63) is 0 Å². The molecule has 2 heteroatoms. The molecule has 2 atom stereocenters. The van der Waals surface area contributed by atoms with E-state index in [-0.39, 0.29) is 0 Å². The van der Waals surface area contributed by atoms with Crippen LogP contribution >= 0.6 is 0 Å². The summed E-state index contributed by atoms with van der Waals surface area (Å²) in [6.07, 6.45) is 10.2. The molecule has 1 N–H and O–H groups in total. The first-order valence-electron chi connectivity index (χ1n) is 8.57. The number of hydrogen-bond donors (Lipinski definition) is 1. The van der Waals surface area contributed by atoms with Crippen LogP contribution in [0, 0.1) is 17.8 Å². The first kappa shape index (κ1) is 15.3. The van der Waals surface area contributed by atoms with E-state index in [1.165, 1.54) is 64.6 Å². The van der Waals surface area contributed by atoms with Crippen LogP contribution in [-0.2, 0) is 0 Å². The summed E-state index contributed by atoms with van der Waals surface area (Å²) in [6, 6.07) is 0.863. The zero-order chi connectivity index (χ0) is 13.7. The first-order chi connectivity index (χ1) is 9.16. The van der Waals surface area contributed by atoms with Crippen LogP contribution in [0.1, 0.15) is 58.8 Å². The number of hydrogen-bond acceptors (Lipinski definition) is 2. The molecule has 112 valence electrons. The van der Waals surface area contributed by atoms with Gasteiger partial charge in [0.25, 0.3) is 0 Å². The lowest BCUT2D eigenvalue weighted by atomic mass is 9.77. The standard InChI is InChI=1S/C17H34N2/c1-14(2)11-18-12-16-9-10-17(16)19(3)13-15-7-5-4-6-8-15/h14-18H,4-13H2,1-3H3. The Hall–Kier alpha value is -0.0800. The molecule has 19 heavy (non-hydrogen) atoms. The zero-order valence-corrected chi connectivity index (χ0v) is 13.3. The number of nitrogens with zero attached hydrogens (tertiary/aromatic N) is 1. The van der Waals surface area contributed by atoms with Gasteiger partial charge < -0.3 is 10.2 Å². The second-order valence-corrected chi connectivity index (χ2v) is 7.40. The smallest absolute Gasteiger partial charge is 0.0133 e. The molecule has 0 aliphatic heterocycles. The molecule has 2 aliphatic rings. The molecule has 0 radical (unpaired) electrons. The molecule has 0 aromatic carbocycles. The van der Waals surface area contributed by atoms with Gasteiger partial charge in [0, 0.05) is 12.6 Å². The van der Waals surface area contributed by atoms with Crippen molar-refractivity contribution in [2.24, 2.45) is 17.8 Å². The van der Waals surface area contributed by atoms with E-state index in [1.807, 2.05) is 0 Å². The fraction of sp³-hybridized carbons (Fsp3) is 1.00. The maximum atomic E-state index is 3.65. The van der Waals surface area contributed by atoms with Gasteiger partial charge in [0.15, 0.2) is 0 Å². The van der Waals surface area contributed by atoms with Crippen LogP contribution in [0.2, 0.25) is 0 Å². The molecule has 0 aromatic heterocycles. The minimum Gasteiger partial charge on any atom is -0.316 e. The van der Waals surface area contributed by atoms with E-state index in [1.54, 1.807) is 0 Å². The summed E-state index contributed by atoms with van der Waals surface area (Å²) in [7, 11) is 2.37. The quantitative estimate of drug-likeness (QED) is 0.758. The number of rotatable bonds is 7. The molecule has 0 heterocycles. The fourth-order valence-electron chi connectivity index (χ4n) is 3.84. The fourth-order valence-corrected chi connectivity index (χ4v) is 3.84. The van der Waals surface area contributed by atoms with Gasteiger partial charge in [0.05, 0.1) is 0 Å².